The molecule has 0 fully saturated rings. The summed E-state index contributed by atoms with van der Waals surface area (Å²) in [5.41, 5.74) is 4.42. The number of rotatable bonds is 6. The Morgan fingerprint density at radius 2 is 1.72 bits per heavy atom. The number of amides is 1. The van der Waals surface area contributed by atoms with Crippen LogP contribution in [0.15, 0.2) is 48.5 Å². The first kappa shape index (κ1) is 20.6. The van der Waals surface area contributed by atoms with Gasteiger partial charge in [0, 0.05) is 24.0 Å². The van der Waals surface area contributed by atoms with E-state index in [9.17, 15) is 9.18 Å². The molecule has 5 nitrogen and oxygen atoms in total. The summed E-state index contributed by atoms with van der Waals surface area (Å²) in [6, 6.07) is 14.3. The number of hydrogen-bond acceptors (Lipinski definition) is 3. The van der Waals surface area contributed by atoms with Gasteiger partial charge in [-0.15, -0.1) is 0 Å². The fourth-order valence-electron chi connectivity index (χ4n) is 3.58. The van der Waals surface area contributed by atoms with Gasteiger partial charge in [-0.05, 0) is 83.1 Å². The van der Waals surface area contributed by atoms with Crippen LogP contribution in [0.2, 0.25) is 0 Å². The minimum Gasteiger partial charge on any atom is -0.369 e. The molecule has 0 aliphatic rings. The number of aryl methyl sites for hydroxylation is 1. The van der Waals surface area contributed by atoms with Gasteiger partial charge in [0.1, 0.15) is 5.82 Å². The highest BCUT2D eigenvalue weighted by Gasteiger charge is 2.20. The van der Waals surface area contributed by atoms with E-state index in [-0.39, 0.29) is 11.7 Å². The molecule has 0 saturated heterocycles. The van der Waals surface area contributed by atoms with Crippen LogP contribution in [0.4, 0.5) is 15.8 Å². The summed E-state index contributed by atoms with van der Waals surface area (Å²) in [4.78, 5) is 15.2. The molecule has 0 radical (unpaired) electrons. The zero-order chi connectivity index (χ0) is 21.1. The Balaban J connectivity index is 1.82. The Bertz CT molecular complexity index is 991. The summed E-state index contributed by atoms with van der Waals surface area (Å²) in [6.45, 7) is 11.0. The van der Waals surface area contributed by atoms with Gasteiger partial charge in [-0.1, -0.05) is 0 Å². The first-order valence-electron chi connectivity index (χ1n) is 9.82. The molecule has 0 unspecified atom stereocenters. The second-order valence-electron chi connectivity index (χ2n) is 7.31. The number of benzene rings is 2. The SMILES string of the molecule is CCN(c1ccc(NC(=O)c2c(C)nn(-c3ccc(F)cc3)c2C)cc1)C(C)C. The molecule has 0 atom stereocenters. The second-order valence-corrected chi connectivity index (χ2v) is 7.31. The lowest BCUT2D eigenvalue weighted by atomic mass is 10.1. The summed E-state index contributed by atoms with van der Waals surface area (Å²) in [6.07, 6.45) is 0. The number of nitrogens with zero attached hydrogens (tertiary/aromatic N) is 3. The zero-order valence-corrected chi connectivity index (χ0v) is 17.5. The quantitative estimate of drug-likeness (QED) is 0.632. The Kier molecular flexibility index (Phi) is 6.01. The molecule has 2 aromatic carbocycles. The van der Waals surface area contributed by atoms with Crippen molar-refractivity contribution in [2.24, 2.45) is 0 Å². The fraction of sp³-hybridized carbons (Fsp3) is 0.304. The monoisotopic (exact) mass is 394 g/mol. The van der Waals surface area contributed by atoms with E-state index < -0.39 is 0 Å². The van der Waals surface area contributed by atoms with Gasteiger partial charge < -0.3 is 10.2 Å². The molecule has 1 heterocycles. The number of nitrogens with one attached hydrogen (secondary N) is 1. The van der Waals surface area contributed by atoms with Crippen LogP contribution < -0.4 is 10.2 Å². The van der Waals surface area contributed by atoms with E-state index in [4.69, 9.17) is 0 Å². The topological polar surface area (TPSA) is 50.2 Å². The maximum absolute atomic E-state index is 13.2. The Labute approximate surface area is 171 Å². The number of anilines is 2. The number of hydrogen-bond donors (Lipinski definition) is 1. The van der Waals surface area contributed by atoms with E-state index in [1.807, 2.05) is 31.2 Å². The maximum Gasteiger partial charge on any atom is 0.259 e. The van der Waals surface area contributed by atoms with Gasteiger partial charge in [-0.25, -0.2) is 9.07 Å². The first-order chi connectivity index (χ1) is 13.8. The van der Waals surface area contributed by atoms with Crippen molar-refractivity contribution in [1.29, 1.82) is 0 Å². The Morgan fingerprint density at radius 1 is 1.10 bits per heavy atom. The van der Waals surface area contributed by atoms with Crippen molar-refractivity contribution in [3.63, 3.8) is 0 Å². The van der Waals surface area contributed by atoms with Gasteiger partial charge >= 0.3 is 0 Å². The number of aromatic nitrogens is 2. The average molecular weight is 394 g/mol. The third-order valence-corrected chi connectivity index (χ3v) is 5.01. The molecule has 1 amide bonds. The highest BCUT2D eigenvalue weighted by atomic mass is 19.1. The van der Waals surface area contributed by atoms with Gasteiger partial charge in [-0.3, -0.25) is 4.79 Å². The molecule has 1 aromatic heterocycles. The predicted molar refractivity (Wildman–Crippen MR) is 116 cm³/mol. The lowest BCUT2D eigenvalue weighted by Crippen LogP contribution is -2.30. The van der Waals surface area contributed by atoms with Crippen LogP contribution >= 0.6 is 0 Å². The largest absolute Gasteiger partial charge is 0.369 e. The molecule has 29 heavy (non-hydrogen) atoms. The fourth-order valence-corrected chi connectivity index (χ4v) is 3.58. The average Bonchev–Trinajstić information content (AvgIpc) is 2.98. The number of carbonyl (C=O) groups is 1. The molecular weight excluding hydrogens is 367 g/mol. The van der Waals surface area contributed by atoms with Crippen molar-refractivity contribution in [3.05, 3.63) is 71.3 Å². The standard InChI is InChI=1S/C23H27FN4O/c1-6-27(15(2)3)20-13-9-19(10-14-20)25-23(29)22-16(4)26-28(17(22)5)21-11-7-18(24)8-12-21/h7-15H,6H2,1-5H3,(H,25,29). The van der Waals surface area contributed by atoms with E-state index in [2.05, 4.69) is 36.1 Å². The van der Waals surface area contributed by atoms with Crippen molar-refractivity contribution in [2.75, 3.05) is 16.8 Å². The van der Waals surface area contributed by atoms with Crippen LogP contribution in [0.25, 0.3) is 5.69 Å². The number of halogens is 1. The molecule has 1 N–H and O–H groups in total. The lowest BCUT2D eigenvalue weighted by molar-refractivity contribution is 0.102. The van der Waals surface area contributed by atoms with Gasteiger partial charge in [-0.2, -0.15) is 5.10 Å². The zero-order valence-electron chi connectivity index (χ0n) is 17.5. The third-order valence-electron chi connectivity index (χ3n) is 5.01. The van der Waals surface area contributed by atoms with Crippen molar-refractivity contribution >= 4 is 17.3 Å². The maximum atomic E-state index is 13.2. The van der Waals surface area contributed by atoms with E-state index in [1.54, 1.807) is 23.7 Å². The molecule has 0 saturated carbocycles. The molecule has 0 spiro atoms. The highest BCUT2D eigenvalue weighted by Crippen LogP contribution is 2.22. The van der Waals surface area contributed by atoms with Gasteiger partial charge in [0.05, 0.1) is 22.6 Å². The van der Waals surface area contributed by atoms with Gasteiger partial charge in [0.25, 0.3) is 5.91 Å². The molecule has 3 aromatic rings. The van der Waals surface area contributed by atoms with Gasteiger partial charge in [0.2, 0.25) is 0 Å². The van der Waals surface area contributed by atoms with Crippen molar-refractivity contribution < 1.29 is 9.18 Å². The molecule has 0 aliphatic heterocycles. The molecular formula is C23H27FN4O. The van der Waals surface area contributed by atoms with Crippen LogP contribution in [-0.2, 0) is 0 Å². The van der Waals surface area contributed by atoms with Crippen LogP contribution in [-0.4, -0.2) is 28.3 Å². The van der Waals surface area contributed by atoms with Gasteiger partial charge in [0.15, 0.2) is 0 Å². The summed E-state index contributed by atoms with van der Waals surface area (Å²) in [5.74, 6) is -0.520. The predicted octanol–water partition coefficient (Wildman–Crippen LogP) is 5.12. The second kappa shape index (κ2) is 8.47. The van der Waals surface area contributed by atoms with Crippen molar-refractivity contribution in [2.45, 2.75) is 40.7 Å². The molecule has 0 aliphatic carbocycles. The van der Waals surface area contributed by atoms with Crippen molar-refractivity contribution in [1.82, 2.24) is 9.78 Å². The highest BCUT2D eigenvalue weighted by molar-refractivity contribution is 6.06. The van der Waals surface area contributed by atoms with E-state index in [0.717, 1.165) is 17.9 Å². The smallest absolute Gasteiger partial charge is 0.259 e. The van der Waals surface area contributed by atoms with Crippen molar-refractivity contribution in [3.8, 4) is 5.69 Å². The van der Waals surface area contributed by atoms with E-state index >= 15 is 0 Å². The minimum absolute atomic E-state index is 0.211. The van der Waals surface area contributed by atoms with Crippen LogP contribution in [0, 0.1) is 19.7 Å². The normalized spacial score (nSPS) is 11.0. The summed E-state index contributed by atoms with van der Waals surface area (Å²) < 4.78 is 14.9. The van der Waals surface area contributed by atoms with E-state index in [1.165, 1.54) is 12.1 Å². The Hall–Kier alpha value is -3.15. The van der Waals surface area contributed by atoms with Crippen LogP contribution in [0.3, 0.4) is 0 Å². The lowest BCUT2D eigenvalue weighted by Gasteiger charge is -2.27. The molecule has 6 heteroatoms. The van der Waals surface area contributed by atoms with Crippen LogP contribution in [0.1, 0.15) is 42.5 Å². The third kappa shape index (κ3) is 4.31. The molecule has 3 rings (SSSR count). The Morgan fingerprint density at radius 3 is 2.28 bits per heavy atom. The first-order valence-corrected chi connectivity index (χ1v) is 9.82. The number of carbonyl (C=O) groups excluding carboxylic acids is 1. The summed E-state index contributed by atoms with van der Waals surface area (Å²) >= 11 is 0. The van der Waals surface area contributed by atoms with Crippen LogP contribution in [0.5, 0.6) is 0 Å². The summed E-state index contributed by atoms with van der Waals surface area (Å²) in [7, 11) is 0. The minimum atomic E-state index is -0.309. The molecule has 152 valence electrons. The van der Waals surface area contributed by atoms with E-state index in [0.29, 0.717) is 28.7 Å². The summed E-state index contributed by atoms with van der Waals surface area (Å²) in [5, 5.41) is 7.42. The molecule has 0 bridgehead atoms.